The zero-order valence-corrected chi connectivity index (χ0v) is 21.6. The second-order valence-corrected chi connectivity index (χ2v) is 11.7. The van der Waals surface area contributed by atoms with Crippen LogP contribution in [-0.2, 0) is 12.8 Å². The van der Waals surface area contributed by atoms with Gasteiger partial charge in [-0.15, -0.1) is 0 Å². The minimum absolute atomic E-state index is 0.364. The molecule has 0 spiro atoms. The van der Waals surface area contributed by atoms with Gasteiger partial charge in [0.15, 0.2) is 5.72 Å². The largest absolute Gasteiger partial charge is 0.468 e. The molecule has 0 aliphatic heterocycles. The van der Waals surface area contributed by atoms with Crippen molar-refractivity contribution in [3.05, 3.63) is 52.1 Å². The van der Waals surface area contributed by atoms with E-state index in [0.717, 1.165) is 36.8 Å². The summed E-state index contributed by atoms with van der Waals surface area (Å²) in [6.45, 7) is 9.15. The van der Waals surface area contributed by atoms with Crippen LogP contribution in [0.2, 0.25) is 0 Å². The maximum absolute atomic E-state index is 7.04. The average molecular weight is 487 g/mol. The fourth-order valence-electron chi connectivity index (χ4n) is 6.22. The molecule has 5 atom stereocenters. The summed E-state index contributed by atoms with van der Waals surface area (Å²) in [7, 11) is 2.08. The third kappa shape index (κ3) is 4.83. The minimum Gasteiger partial charge on any atom is -0.468 e. The molecule has 5 unspecified atom stereocenters. The molecule has 2 nitrogen and oxygen atoms in total. The Balaban J connectivity index is 1.72. The number of benzene rings is 1. The van der Waals surface area contributed by atoms with Gasteiger partial charge in [0.2, 0.25) is 0 Å². The lowest BCUT2D eigenvalue weighted by atomic mass is 9.68. The molecule has 0 heterocycles. The Kier molecular flexibility index (Phi) is 7.03. The summed E-state index contributed by atoms with van der Waals surface area (Å²) in [6, 6.07) is 4.52. The highest BCUT2D eigenvalue weighted by molar-refractivity contribution is 9.09. The number of ether oxygens (including phenoxy) is 1. The highest BCUT2D eigenvalue weighted by Gasteiger charge is 2.42. The van der Waals surface area contributed by atoms with E-state index < -0.39 is 5.72 Å². The zero-order valence-electron chi connectivity index (χ0n) is 20.1. The van der Waals surface area contributed by atoms with E-state index in [1.807, 2.05) is 0 Å². The third-order valence-electron chi connectivity index (χ3n) is 7.96. The quantitative estimate of drug-likeness (QED) is 0.259. The van der Waals surface area contributed by atoms with E-state index in [9.17, 15) is 0 Å². The van der Waals surface area contributed by atoms with E-state index in [-0.39, 0.29) is 0 Å². The Bertz CT molecular complexity index is 872. The van der Waals surface area contributed by atoms with Crippen molar-refractivity contribution in [2.75, 3.05) is 7.05 Å². The van der Waals surface area contributed by atoms with Gasteiger partial charge in [0.1, 0.15) is 5.75 Å². The summed E-state index contributed by atoms with van der Waals surface area (Å²) >= 11 is 3.82. The highest BCUT2D eigenvalue weighted by atomic mass is 79.9. The molecule has 1 N–H and O–H groups in total. The standard InChI is InChI=1S/C28H40BrNO/c1-6-18(2)17-28(30-5,24-14-21-11-19(3)12-22(13-21)15-24)31-27-10-7-23-16-25(29)8-9-26(23)20(27)4/h7,10,14,17,19,22,24-25,30H,6,8-9,11-13,15-16H2,1-5H3. The Hall–Kier alpha value is -1.06. The smallest absolute Gasteiger partial charge is 0.186 e. The Morgan fingerprint density at radius 1 is 1.26 bits per heavy atom. The van der Waals surface area contributed by atoms with Crippen molar-refractivity contribution >= 4 is 15.9 Å². The molecule has 1 fully saturated rings. The lowest BCUT2D eigenvalue weighted by Crippen LogP contribution is -2.54. The van der Waals surface area contributed by atoms with Gasteiger partial charge in [0, 0.05) is 10.7 Å². The number of alkyl halides is 1. The monoisotopic (exact) mass is 485 g/mol. The first kappa shape index (κ1) is 23.1. The fourth-order valence-corrected chi connectivity index (χ4v) is 6.80. The van der Waals surface area contributed by atoms with Gasteiger partial charge < -0.3 is 4.74 Å². The number of allylic oxidation sites excluding steroid dienone is 2. The average Bonchev–Trinajstić information content (AvgIpc) is 2.74. The maximum Gasteiger partial charge on any atom is 0.186 e. The summed E-state index contributed by atoms with van der Waals surface area (Å²) in [5.41, 5.74) is 6.86. The van der Waals surface area contributed by atoms with E-state index >= 15 is 0 Å². The molecule has 1 saturated carbocycles. The molecule has 0 amide bonds. The van der Waals surface area contributed by atoms with E-state index in [4.69, 9.17) is 4.74 Å². The predicted octanol–water partition coefficient (Wildman–Crippen LogP) is 7.28. The molecule has 0 aromatic heterocycles. The van der Waals surface area contributed by atoms with Crippen LogP contribution < -0.4 is 10.1 Å². The van der Waals surface area contributed by atoms with Crippen molar-refractivity contribution in [2.24, 2.45) is 17.8 Å². The van der Waals surface area contributed by atoms with Crippen molar-refractivity contribution in [3.8, 4) is 5.75 Å². The van der Waals surface area contributed by atoms with Crippen molar-refractivity contribution in [2.45, 2.75) is 89.6 Å². The van der Waals surface area contributed by atoms with Gasteiger partial charge in [-0.25, -0.2) is 0 Å². The van der Waals surface area contributed by atoms with E-state index in [1.165, 1.54) is 54.4 Å². The van der Waals surface area contributed by atoms with Gasteiger partial charge in [-0.1, -0.05) is 53.1 Å². The number of fused-ring (bicyclic) bond motifs is 3. The van der Waals surface area contributed by atoms with Gasteiger partial charge in [-0.05, 0) is 113 Å². The van der Waals surface area contributed by atoms with Gasteiger partial charge in [0.05, 0.1) is 0 Å². The van der Waals surface area contributed by atoms with Crippen molar-refractivity contribution in [3.63, 3.8) is 0 Å². The topological polar surface area (TPSA) is 21.3 Å². The number of halogens is 1. The normalized spacial score (nSPS) is 30.3. The zero-order chi connectivity index (χ0) is 22.2. The summed E-state index contributed by atoms with van der Waals surface area (Å²) < 4.78 is 7.04. The summed E-state index contributed by atoms with van der Waals surface area (Å²) in [4.78, 5) is 0.605. The molecule has 3 aliphatic rings. The van der Waals surface area contributed by atoms with E-state index in [2.05, 4.69) is 80.3 Å². The molecule has 4 rings (SSSR count). The number of hydrogen-bond acceptors (Lipinski definition) is 2. The van der Waals surface area contributed by atoms with Crippen LogP contribution in [-0.4, -0.2) is 17.6 Å². The summed E-state index contributed by atoms with van der Waals surface area (Å²) in [5.74, 6) is 3.03. The molecule has 0 saturated heterocycles. The molecule has 1 aromatic rings. The number of likely N-dealkylation sites (N-methyl/N-ethyl adjacent to an activating group) is 1. The van der Waals surface area contributed by atoms with E-state index in [0.29, 0.717) is 10.7 Å². The Labute approximate surface area is 198 Å². The molecule has 2 bridgehead atoms. The van der Waals surface area contributed by atoms with Gasteiger partial charge in [0.25, 0.3) is 0 Å². The lowest BCUT2D eigenvalue weighted by Gasteiger charge is -2.44. The van der Waals surface area contributed by atoms with Crippen LogP contribution in [0.1, 0.15) is 76.0 Å². The first-order valence-electron chi connectivity index (χ1n) is 12.3. The Morgan fingerprint density at radius 2 is 2.06 bits per heavy atom. The van der Waals surface area contributed by atoms with E-state index in [1.54, 1.807) is 5.57 Å². The molecule has 170 valence electrons. The molecule has 3 aliphatic carbocycles. The van der Waals surface area contributed by atoms with Crippen LogP contribution in [0.15, 0.2) is 35.4 Å². The number of nitrogens with one attached hydrogen (secondary N) is 1. The van der Waals surface area contributed by atoms with Crippen LogP contribution in [0, 0.1) is 24.7 Å². The predicted molar refractivity (Wildman–Crippen MR) is 135 cm³/mol. The fraction of sp³-hybridized carbons (Fsp3) is 0.643. The van der Waals surface area contributed by atoms with Crippen molar-refractivity contribution < 1.29 is 4.74 Å². The molecular formula is C28H40BrNO. The summed E-state index contributed by atoms with van der Waals surface area (Å²) in [5, 5.41) is 3.66. The molecule has 3 heteroatoms. The Morgan fingerprint density at radius 3 is 2.77 bits per heavy atom. The summed E-state index contributed by atoms with van der Waals surface area (Å²) in [6.07, 6.45) is 14.6. The molecule has 31 heavy (non-hydrogen) atoms. The van der Waals surface area contributed by atoms with Crippen molar-refractivity contribution in [1.29, 1.82) is 0 Å². The van der Waals surface area contributed by atoms with Crippen LogP contribution in [0.5, 0.6) is 5.75 Å². The minimum atomic E-state index is -0.490. The number of hydrogen-bond donors (Lipinski definition) is 1. The lowest BCUT2D eigenvalue weighted by molar-refractivity contribution is 0.0279. The maximum atomic E-state index is 7.04. The molecule has 1 aromatic carbocycles. The second-order valence-electron chi connectivity index (χ2n) is 10.4. The van der Waals surface area contributed by atoms with Gasteiger partial charge >= 0.3 is 0 Å². The molecular weight excluding hydrogens is 446 g/mol. The van der Waals surface area contributed by atoms with Crippen LogP contribution in [0.4, 0.5) is 0 Å². The van der Waals surface area contributed by atoms with Gasteiger partial charge in [-0.3, -0.25) is 5.32 Å². The van der Waals surface area contributed by atoms with Crippen LogP contribution in [0.25, 0.3) is 0 Å². The first-order valence-corrected chi connectivity index (χ1v) is 13.3. The first-order chi connectivity index (χ1) is 14.8. The SMILES string of the molecule is CCC(C)=CC(NC)(Oc1ccc2c(c1C)CCC(Br)C2)C1C=C2CC(C)CC(C2)C1. The third-order valence-corrected chi connectivity index (χ3v) is 8.74. The number of rotatable bonds is 6. The van der Waals surface area contributed by atoms with Crippen LogP contribution in [0.3, 0.4) is 0 Å². The second kappa shape index (κ2) is 9.43. The van der Waals surface area contributed by atoms with Crippen LogP contribution >= 0.6 is 15.9 Å². The van der Waals surface area contributed by atoms with Gasteiger partial charge in [-0.2, -0.15) is 0 Å². The van der Waals surface area contributed by atoms with Crippen molar-refractivity contribution in [1.82, 2.24) is 5.32 Å². The highest BCUT2D eigenvalue weighted by Crippen LogP contribution is 2.45. The molecule has 0 radical (unpaired) electrons.